The summed E-state index contributed by atoms with van der Waals surface area (Å²) in [6, 6.07) is 0.640. The fourth-order valence-corrected chi connectivity index (χ4v) is 2.14. The highest BCUT2D eigenvalue weighted by Crippen LogP contribution is 2.34. The van der Waals surface area contributed by atoms with Crippen molar-refractivity contribution in [2.24, 2.45) is 5.41 Å². The zero-order chi connectivity index (χ0) is 9.03. The lowest BCUT2D eigenvalue weighted by Crippen LogP contribution is -2.38. The van der Waals surface area contributed by atoms with E-state index < -0.39 is 0 Å². The summed E-state index contributed by atoms with van der Waals surface area (Å²) in [6.07, 6.45) is 5.22. The van der Waals surface area contributed by atoms with Crippen LogP contribution in [0.4, 0.5) is 0 Å². The third-order valence-electron chi connectivity index (χ3n) is 2.75. The molecule has 0 aromatic carbocycles. The minimum Gasteiger partial charge on any atom is -0.395 e. The topological polar surface area (TPSA) is 32.3 Å². The Morgan fingerprint density at radius 2 is 2.25 bits per heavy atom. The highest BCUT2D eigenvalue weighted by Gasteiger charge is 2.27. The van der Waals surface area contributed by atoms with E-state index in [4.69, 9.17) is 5.11 Å². The number of rotatable bonds is 3. The third kappa shape index (κ3) is 3.11. The van der Waals surface area contributed by atoms with Crippen LogP contribution in [-0.4, -0.2) is 24.3 Å². The van der Waals surface area contributed by atoms with Crippen LogP contribution in [0.1, 0.15) is 39.5 Å². The molecule has 0 heterocycles. The molecule has 0 aromatic heterocycles. The van der Waals surface area contributed by atoms with Crippen LogP contribution in [0.2, 0.25) is 0 Å². The van der Waals surface area contributed by atoms with Crippen LogP contribution in [-0.2, 0) is 0 Å². The number of aliphatic hydroxyl groups is 1. The second-order valence-electron chi connectivity index (χ2n) is 4.64. The molecule has 0 amide bonds. The van der Waals surface area contributed by atoms with Gasteiger partial charge in [-0.25, -0.2) is 0 Å². The van der Waals surface area contributed by atoms with E-state index in [1.165, 1.54) is 25.7 Å². The highest BCUT2D eigenvalue weighted by molar-refractivity contribution is 4.82. The molecule has 1 aliphatic rings. The predicted molar refractivity (Wildman–Crippen MR) is 51.1 cm³/mol. The third-order valence-corrected chi connectivity index (χ3v) is 2.75. The molecule has 0 unspecified atom stereocenters. The van der Waals surface area contributed by atoms with Gasteiger partial charge in [-0.3, -0.25) is 0 Å². The fraction of sp³-hybridized carbons (Fsp3) is 1.00. The summed E-state index contributed by atoms with van der Waals surface area (Å²) < 4.78 is 0. The van der Waals surface area contributed by atoms with Crippen molar-refractivity contribution >= 4 is 0 Å². The Morgan fingerprint density at radius 3 is 2.83 bits per heavy atom. The summed E-state index contributed by atoms with van der Waals surface area (Å²) in [5, 5.41) is 12.0. The quantitative estimate of drug-likeness (QED) is 0.675. The molecular formula is C10H21NO. The highest BCUT2D eigenvalue weighted by atomic mass is 16.3. The number of hydrogen-bond donors (Lipinski definition) is 2. The van der Waals surface area contributed by atoms with Crippen LogP contribution < -0.4 is 5.32 Å². The SMILES string of the molecule is CC1(C)CCC[C@@H](NCCO)C1. The molecule has 0 saturated heterocycles. The van der Waals surface area contributed by atoms with Crippen LogP contribution in [0.5, 0.6) is 0 Å². The Bertz CT molecular complexity index is 134. The van der Waals surface area contributed by atoms with Gasteiger partial charge < -0.3 is 10.4 Å². The van der Waals surface area contributed by atoms with Crippen LogP contribution >= 0.6 is 0 Å². The van der Waals surface area contributed by atoms with Crippen molar-refractivity contribution < 1.29 is 5.11 Å². The van der Waals surface area contributed by atoms with Gasteiger partial charge in [0.05, 0.1) is 6.61 Å². The maximum Gasteiger partial charge on any atom is 0.0556 e. The monoisotopic (exact) mass is 171 g/mol. The standard InChI is InChI=1S/C10H21NO/c1-10(2)5-3-4-9(8-10)11-6-7-12/h9,11-12H,3-8H2,1-2H3/t9-/m1/s1. The summed E-state index contributed by atoms with van der Waals surface area (Å²) in [5.74, 6) is 0. The molecule has 1 saturated carbocycles. The minimum atomic E-state index is 0.261. The largest absolute Gasteiger partial charge is 0.395 e. The van der Waals surface area contributed by atoms with E-state index in [2.05, 4.69) is 19.2 Å². The summed E-state index contributed by atoms with van der Waals surface area (Å²) in [7, 11) is 0. The molecule has 2 nitrogen and oxygen atoms in total. The van der Waals surface area contributed by atoms with Gasteiger partial charge in [-0.05, 0) is 24.7 Å². The first-order chi connectivity index (χ1) is 5.64. The maximum atomic E-state index is 8.66. The molecule has 0 radical (unpaired) electrons. The van der Waals surface area contributed by atoms with Crippen molar-refractivity contribution in [3.8, 4) is 0 Å². The van der Waals surface area contributed by atoms with Crippen LogP contribution in [0, 0.1) is 5.41 Å². The average molecular weight is 171 g/mol. The van der Waals surface area contributed by atoms with Crippen molar-refractivity contribution in [1.29, 1.82) is 0 Å². The molecule has 0 aliphatic heterocycles. The van der Waals surface area contributed by atoms with E-state index in [1.54, 1.807) is 0 Å². The van der Waals surface area contributed by atoms with Crippen LogP contribution in [0.15, 0.2) is 0 Å². The van der Waals surface area contributed by atoms with Crippen LogP contribution in [0.3, 0.4) is 0 Å². The minimum absolute atomic E-state index is 0.261. The van der Waals surface area contributed by atoms with Crippen molar-refractivity contribution in [2.45, 2.75) is 45.6 Å². The van der Waals surface area contributed by atoms with E-state index in [-0.39, 0.29) is 6.61 Å². The first-order valence-electron chi connectivity index (χ1n) is 4.98. The molecule has 2 heteroatoms. The molecule has 0 spiro atoms. The van der Waals surface area contributed by atoms with Crippen molar-refractivity contribution in [3.05, 3.63) is 0 Å². The molecule has 1 fully saturated rings. The van der Waals surface area contributed by atoms with Gasteiger partial charge in [-0.1, -0.05) is 20.3 Å². The Morgan fingerprint density at radius 1 is 1.50 bits per heavy atom. The Labute approximate surface area is 75.4 Å². The summed E-state index contributed by atoms with van der Waals surface area (Å²) in [4.78, 5) is 0. The number of aliphatic hydroxyl groups excluding tert-OH is 1. The van der Waals surface area contributed by atoms with Gasteiger partial charge in [0.15, 0.2) is 0 Å². The van der Waals surface area contributed by atoms with Gasteiger partial charge in [0.1, 0.15) is 0 Å². The van der Waals surface area contributed by atoms with E-state index in [0.717, 1.165) is 6.54 Å². The van der Waals surface area contributed by atoms with Gasteiger partial charge in [0.25, 0.3) is 0 Å². The fourth-order valence-electron chi connectivity index (χ4n) is 2.14. The first kappa shape index (κ1) is 10.0. The summed E-state index contributed by atoms with van der Waals surface area (Å²) in [6.45, 7) is 5.68. The molecule has 1 atom stereocenters. The number of nitrogens with one attached hydrogen (secondary N) is 1. The van der Waals surface area contributed by atoms with E-state index in [9.17, 15) is 0 Å². The normalized spacial score (nSPS) is 28.8. The number of hydrogen-bond acceptors (Lipinski definition) is 2. The van der Waals surface area contributed by atoms with Gasteiger partial charge in [-0.2, -0.15) is 0 Å². The average Bonchev–Trinajstić information content (AvgIpc) is 1.99. The molecular weight excluding hydrogens is 150 g/mol. The van der Waals surface area contributed by atoms with Crippen molar-refractivity contribution in [3.63, 3.8) is 0 Å². The smallest absolute Gasteiger partial charge is 0.0556 e. The van der Waals surface area contributed by atoms with E-state index in [1.807, 2.05) is 0 Å². The van der Waals surface area contributed by atoms with Gasteiger partial charge >= 0.3 is 0 Å². The second-order valence-corrected chi connectivity index (χ2v) is 4.64. The molecule has 1 aliphatic carbocycles. The second kappa shape index (κ2) is 4.24. The Kier molecular flexibility index (Phi) is 3.53. The Hall–Kier alpha value is -0.0800. The van der Waals surface area contributed by atoms with Crippen LogP contribution in [0.25, 0.3) is 0 Å². The summed E-state index contributed by atoms with van der Waals surface area (Å²) >= 11 is 0. The molecule has 0 aromatic rings. The van der Waals surface area contributed by atoms with E-state index >= 15 is 0 Å². The molecule has 72 valence electrons. The van der Waals surface area contributed by atoms with Crippen molar-refractivity contribution in [1.82, 2.24) is 5.32 Å². The maximum absolute atomic E-state index is 8.66. The predicted octanol–water partition coefficient (Wildman–Crippen LogP) is 1.54. The Balaban J connectivity index is 2.26. The molecule has 1 rings (SSSR count). The molecule has 2 N–H and O–H groups in total. The lowest BCUT2D eigenvalue weighted by molar-refractivity contribution is 0.189. The van der Waals surface area contributed by atoms with Gasteiger partial charge in [0, 0.05) is 12.6 Å². The zero-order valence-corrected chi connectivity index (χ0v) is 8.27. The van der Waals surface area contributed by atoms with Gasteiger partial charge in [0.2, 0.25) is 0 Å². The molecule has 12 heavy (non-hydrogen) atoms. The van der Waals surface area contributed by atoms with Crippen molar-refractivity contribution in [2.75, 3.05) is 13.2 Å². The summed E-state index contributed by atoms with van der Waals surface area (Å²) in [5.41, 5.74) is 0.505. The first-order valence-corrected chi connectivity index (χ1v) is 4.98. The molecule has 0 bridgehead atoms. The zero-order valence-electron chi connectivity index (χ0n) is 8.27. The van der Waals surface area contributed by atoms with E-state index in [0.29, 0.717) is 11.5 Å². The lowest BCUT2D eigenvalue weighted by atomic mass is 9.75. The van der Waals surface area contributed by atoms with Gasteiger partial charge in [-0.15, -0.1) is 0 Å². The lowest BCUT2D eigenvalue weighted by Gasteiger charge is -2.35.